The second-order valence-corrected chi connectivity index (χ2v) is 5.89. The summed E-state index contributed by atoms with van der Waals surface area (Å²) in [6.07, 6.45) is 0. The molecule has 0 aliphatic rings. The normalized spacial score (nSPS) is 10.5. The molecule has 6 heteroatoms. The summed E-state index contributed by atoms with van der Waals surface area (Å²) >= 11 is 8.87. The summed E-state index contributed by atoms with van der Waals surface area (Å²) in [6.45, 7) is 3.36. The molecule has 0 atom stereocenters. The molecule has 0 N–H and O–H groups in total. The SMILES string of the molecule is CC(=O)c1ccc(Sc2nc(C)ns2)cc1Cl. The molecule has 1 aromatic carbocycles. The summed E-state index contributed by atoms with van der Waals surface area (Å²) in [5.74, 6) is 0.738. The number of benzene rings is 1. The van der Waals surface area contributed by atoms with Crippen LogP contribution in [0.15, 0.2) is 27.4 Å². The maximum atomic E-state index is 11.2. The number of carbonyl (C=O) groups excluding carboxylic acids is 1. The van der Waals surface area contributed by atoms with E-state index < -0.39 is 0 Å². The second kappa shape index (κ2) is 5.16. The average molecular weight is 285 g/mol. The lowest BCUT2D eigenvalue weighted by Crippen LogP contribution is -1.92. The molecular formula is C11H9ClN2OS2. The Bertz CT molecular complexity index is 568. The molecular weight excluding hydrogens is 276 g/mol. The number of hydrogen-bond donors (Lipinski definition) is 0. The zero-order valence-electron chi connectivity index (χ0n) is 9.23. The van der Waals surface area contributed by atoms with Crippen molar-refractivity contribution >= 4 is 40.7 Å². The van der Waals surface area contributed by atoms with Crippen LogP contribution in [0.3, 0.4) is 0 Å². The Morgan fingerprint density at radius 1 is 1.47 bits per heavy atom. The van der Waals surface area contributed by atoms with E-state index in [0.717, 1.165) is 15.1 Å². The van der Waals surface area contributed by atoms with Crippen molar-refractivity contribution in [3.63, 3.8) is 0 Å². The van der Waals surface area contributed by atoms with Crippen molar-refractivity contribution in [2.24, 2.45) is 0 Å². The number of ketones is 1. The van der Waals surface area contributed by atoms with Crippen LogP contribution in [-0.4, -0.2) is 15.1 Å². The highest BCUT2D eigenvalue weighted by Crippen LogP contribution is 2.31. The van der Waals surface area contributed by atoms with Crippen LogP contribution in [0.1, 0.15) is 23.1 Å². The summed E-state index contributed by atoms with van der Waals surface area (Å²) in [4.78, 5) is 16.4. The molecule has 0 saturated heterocycles. The number of hydrogen-bond acceptors (Lipinski definition) is 5. The molecule has 88 valence electrons. The first-order valence-electron chi connectivity index (χ1n) is 4.85. The molecule has 1 heterocycles. The molecule has 0 spiro atoms. The lowest BCUT2D eigenvalue weighted by molar-refractivity contribution is 0.101. The van der Waals surface area contributed by atoms with Crippen molar-refractivity contribution in [3.8, 4) is 0 Å². The lowest BCUT2D eigenvalue weighted by Gasteiger charge is -2.02. The molecule has 0 aliphatic heterocycles. The highest BCUT2D eigenvalue weighted by molar-refractivity contribution is 8.01. The molecule has 2 rings (SSSR count). The molecule has 0 amide bonds. The molecule has 0 aliphatic carbocycles. The molecule has 1 aromatic heterocycles. The van der Waals surface area contributed by atoms with E-state index in [4.69, 9.17) is 11.6 Å². The summed E-state index contributed by atoms with van der Waals surface area (Å²) in [7, 11) is 0. The highest BCUT2D eigenvalue weighted by atomic mass is 35.5. The predicted molar refractivity (Wildman–Crippen MR) is 70.2 cm³/mol. The molecule has 2 aromatic rings. The van der Waals surface area contributed by atoms with Gasteiger partial charge in [0.25, 0.3) is 0 Å². The van der Waals surface area contributed by atoms with Gasteiger partial charge in [0.05, 0.1) is 5.02 Å². The maximum Gasteiger partial charge on any atom is 0.174 e. The minimum absolute atomic E-state index is 0.0293. The molecule has 0 radical (unpaired) electrons. The van der Waals surface area contributed by atoms with E-state index in [2.05, 4.69) is 9.36 Å². The number of nitrogens with zero attached hydrogens (tertiary/aromatic N) is 2. The van der Waals surface area contributed by atoms with Crippen molar-refractivity contribution in [1.29, 1.82) is 0 Å². The van der Waals surface area contributed by atoms with E-state index in [1.807, 2.05) is 13.0 Å². The van der Waals surface area contributed by atoms with Crippen LogP contribution in [0, 0.1) is 6.92 Å². The van der Waals surface area contributed by atoms with Gasteiger partial charge in [-0.1, -0.05) is 23.4 Å². The first-order chi connectivity index (χ1) is 8.06. The number of aryl methyl sites for hydroxylation is 1. The minimum atomic E-state index is -0.0293. The summed E-state index contributed by atoms with van der Waals surface area (Å²) in [5.41, 5.74) is 0.546. The third-order valence-electron chi connectivity index (χ3n) is 2.03. The molecule has 0 saturated carbocycles. The van der Waals surface area contributed by atoms with Gasteiger partial charge in [-0.05, 0) is 43.6 Å². The zero-order valence-corrected chi connectivity index (χ0v) is 11.6. The fourth-order valence-corrected chi connectivity index (χ4v) is 3.31. The van der Waals surface area contributed by atoms with Crippen LogP contribution in [0.5, 0.6) is 0 Å². The Hall–Kier alpha value is -0.910. The van der Waals surface area contributed by atoms with E-state index in [0.29, 0.717) is 10.6 Å². The zero-order chi connectivity index (χ0) is 12.4. The van der Waals surface area contributed by atoms with Crippen molar-refractivity contribution in [2.75, 3.05) is 0 Å². The number of carbonyl (C=O) groups is 1. The van der Waals surface area contributed by atoms with Crippen LogP contribution in [0.25, 0.3) is 0 Å². The van der Waals surface area contributed by atoms with Crippen molar-refractivity contribution in [3.05, 3.63) is 34.6 Å². The fraction of sp³-hybridized carbons (Fsp3) is 0.182. The van der Waals surface area contributed by atoms with Gasteiger partial charge in [-0.2, -0.15) is 4.37 Å². The van der Waals surface area contributed by atoms with E-state index in [9.17, 15) is 4.79 Å². The minimum Gasteiger partial charge on any atom is -0.294 e. The first-order valence-corrected chi connectivity index (χ1v) is 6.81. The highest BCUT2D eigenvalue weighted by Gasteiger charge is 2.08. The Morgan fingerprint density at radius 2 is 2.24 bits per heavy atom. The van der Waals surface area contributed by atoms with Gasteiger partial charge in [0, 0.05) is 10.5 Å². The third-order valence-corrected chi connectivity index (χ3v) is 4.18. The Morgan fingerprint density at radius 3 is 2.76 bits per heavy atom. The van der Waals surface area contributed by atoms with Crippen LogP contribution in [-0.2, 0) is 0 Å². The lowest BCUT2D eigenvalue weighted by atomic mass is 10.1. The van der Waals surface area contributed by atoms with Gasteiger partial charge in [-0.25, -0.2) is 4.98 Å². The van der Waals surface area contributed by atoms with Crippen LogP contribution in [0.2, 0.25) is 5.02 Å². The maximum absolute atomic E-state index is 11.2. The largest absolute Gasteiger partial charge is 0.294 e. The van der Waals surface area contributed by atoms with E-state index in [1.54, 1.807) is 12.1 Å². The van der Waals surface area contributed by atoms with Gasteiger partial charge >= 0.3 is 0 Å². The number of Topliss-reactive ketones (excluding diaryl/α,β-unsaturated/α-hetero) is 1. The van der Waals surface area contributed by atoms with Crippen LogP contribution < -0.4 is 0 Å². The summed E-state index contributed by atoms with van der Waals surface area (Å²) in [6, 6.07) is 5.38. The van der Waals surface area contributed by atoms with Gasteiger partial charge in [-0.3, -0.25) is 4.79 Å². The summed E-state index contributed by atoms with van der Waals surface area (Å²) < 4.78 is 4.97. The number of rotatable bonds is 3. The predicted octanol–water partition coefficient (Wildman–Crippen LogP) is 3.85. The Labute approximate surface area is 112 Å². The topological polar surface area (TPSA) is 42.9 Å². The number of halogens is 1. The van der Waals surface area contributed by atoms with Crippen molar-refractivity contribution in [2.45, 2.75) is 23.1 Å². The molecule has 0 unspecified atom stereocenters. The third kappa shape index (κ3) is 3.06. The monoisotopic (exact) mass is 284 g/mol. The Kier molecular flexibility index (Phi) is 3.81. The molecule has 3 nitrogen and oxygen atoms in total. The quantitative estimate of drug-likeness (QED) is 0.803. The van der Waals surface area contributed by atoms with Gasteiger partial charge in [0.1, 0.15) is 5.82 Å². The standard InChI is InChI=1S/C11H9ClN2OS2/c1-6(15)9-4-3-8(5-10(9)12)16-11-13-7(2)14-17-11/h3-5H,1-2H3. The number of aromatic nitrogens is 2. The average Bonchev–Trinajstić information content (AvgIpc) is 2.63. The van der Waals surface area contributed by atoms with E-state index in [1.165, 1.54) is 30.2 Å². The van der Waals surface area contributed by atoms with Gasteiger partial charge in [-0.15, -0.1) is 0 Å². The Balaban J connectivity index is 2.23. The fourth-order valence-electron chi connectivity index (χ4n) is 1.27. The van der Waals surface area contributed by atoms with Crippen molar-refractivity contribution in [1.82, 2.24) is 9.36 Å². The van der Waals surface area contributed by atoms with E-state index >= 15 is 0 Å². The van der Waals surface area contributed by atoms with Gasteiger partial charge in [0.15, 0.2) is 10.1 Å². The van der Waals surface area contributed by atoms with Gasteiger partial charge in [0.2, 0.25) is 0 Å². The van der Waals surface area contributed by atoms with E-state index in [-0.39, 0.29) is 5.78 Å². The molecule has 0 bridgehead atoms. The van der Waals surface area contributed by atoms with Crippen molar-refractivity contribution < 1.29 is 4.79 Å². The van der Waals surface area contributed by atoms with Gasteiger partial charge < -0.3 is 0 Å². The smallest absolute Gasteiger partial charge is 0.174 e. The van der Waals surface area contributed by atoms with Crippen LogP contribution in [0.4, 0.5) is 0 Å². The summed E-state index contributed by atoms with van der Waals surface area (Å²) in [5, 5.41) is 0.476. The molecule has 0 fully saturated rings. The molecule has 17 heavy (non-hydrogen) atoms. The van der Waals surface area contributed by atoms with Crippen LogP contribution >= 0.6 is 34.9 Å². The first kappa shape index (κ1) is 12.5. The second-order valence-electron chi connectivity index (χ2n) is 3.41.